The fraction of sp³-hybridized carbons (Fsp3) is 0.364. The van der Waals surface area contributed by atoms with Crippen LogP contribution in [0.15, 0.2) is 42.5 Å². The number of hydrogen-bond acceptors (Lipinski definition) is 5. The highest BCUT2D eigenvalue weighted by Crippen LogP contribution is 2.37. The fourth-order valence-electron chi connectivity index (χ4n) is 3.20. The number of carbonyl (C=O) groups excluding carboxylic acids is 2. The van der Waals surface area contributed by atoms with Gasteiger partial charge >= 0.3 is 0 Å². The van der Waals surface area contributed by atoms with Gasteiger partial charge in [-0.05, 0) is 38.9 Å². The van der Waals surface area contributed by atoms with Crippen molar-refractivity contribution in [3.8, 4) is 11.5 Å². The van der Waals surface area contributed by atoms with Crippen LogP contribution in [0.5, 0.6) is 11.5 Å². The minimum atomic E-state index is -0.247. The van der Waals surface area contributed by atoms with Crippen LogP contribution in [0.3, 0.4) is 0 Å². The summed E-state index contributed by atoms with van der Waals surface area (Å²) in [6.45, 7) is 6.08. The van der Waals surface area contributed by atoms with E-state index in [2.05, 4.69) is 16.0 Å². The Morgan fingerprint density at radius 3 is 2.13 bits per heavy atom. The van der Waals surface area contributed by atoms with E-state index >= 15 is 0 Å². The van der Waals surface area contributed by atoms with E-state index in [1.165, 1.54) is 0 Å². The molecule has 0 aliphatic carbocycles. The Bertz CT molecular complexity index is 855. The molecule has 3 rings (SSSR count). The van der Waals surface area contributed by atoms with Crippen molar-refractivity contribution in [3.05, 3.63) is 48.0 Å². The van der Waals surface area contributed by atoms with Crippen molar-refractivity contribution >= 4 is 35.6 Å². The van der Waals surface area contributed by atoms with Gasteiger partial charge in [0.1, 0.15) is 11.5 Å². The first-order valence-electron chi connectivity index (χ1n) is 9.94. The zero-order chi connectivity index (χ0) is 20.6. The number of anilines is 2. The van der Waals surface area contributed by atoms with Gasteiger partial charge in [0.15, 0.2) is 0 Å². The maximum atomic E-state index is 12.6. The maximum absolute atomic E-state index is 12.6. The summed E-state index contributed by atoms with van der Waals surface area (Å²) >= 11 is 0. The molecule has 2 aromatic rings. The second-order valence-corrected chi connectivity index (χ2v) is 6.71. The van der Waals surface area contributed by atoms with E-state index in [4.69, 9.17) is 9.47 Å². The monoisotopic (exact) mass is 433 g/mol. The van der Waals surface area contributed by atoms with Crippen LogP contribution in [0.1, 0.15) is 30.6 Å². The number of carbonyl (C=O) groups is 2. The highest BCUT2D eigenvalue weighted by Gasteiger charge is 2.24. The van der Waals surface area contributed by atoms with E-state index in [0.29, 0.717) is 48.2 Å². The number of nitrogens with one attached hydrogen (secondary N) is 3. The molecule has 2 amide bonds. The van der Waals surface area contributed by atoms with Crippen LogP contribution in [-0.4, -0.2) is 38.1 Å². The van der Waals surface area contributed by atoms with Gasteiger partial charge in [-0.3, -0.25) is 9.59 Å². The molecule has 1 aliphatic heterocycles. The van der Waals surface area contributed by atoms with Crippen LogP contribution in [0.4, 0.5) is 11.4 Å². The van der Waals surface area contributed by atoms with Gasteiger partial charge in [-0.1, -0.05) is 18.2 Å². The molecule has 30 heavy (non-hydrogen) atoms. The van der Waals surface area contributed by atoms with Gasteiger partial charge in [0.2, 0.25) is 5.91 Å². The molecule has 1 aliphatic rings. The minimum Gasteiger partial charge on any atom is -0.492 e. The molecule has 0 aromatic heterocycles. The second-order valence-electron chi connectivity index (χ2n) is 6.71. The summed E-state index contributed by atoms with van der Waals surface area (Å²) in [7, 11) is 0. The molecule has 1 atom stereocenters. The van der Waals surface area contributed by atoms with Crippen molar-refractivity contribution in [1.29, 1.82) is 0 Å². The molecule has 1 unspecified atom stereocenters. The number of amides is 2. The standard InChI is InChI=1S/C22H27N3O4.ClH/c1-3-28-19-13-18(25-22(27)16-10-11-23-14-16)20(29-4-2)12-17(19)24-21(26)15-8-6-5-7-9-15;/h5-9,12-13,16,23H,3-4,10-11,14H2,1-2H3,(H,24,26)(H,25,27);1H. The van der Waals surface area contributed by atoms with Crippen LogP contribution < -0.4 is 25.4 Å². The molecule has 0 saturated carbocycles. The topological polar surface area (TPSA) is 88.7 Å². The molecule has 0 radical (unpaired) electrons. The summed E-state index contributed by atoms with van der Waals surface area (Å²) in [6, 6.07) is 12.3. The summed E-state index contributed by atoms with van der Waals surface area (Å²) in [5.41, 5.74) is 1.56. The number of rotatable bonds is 8. The van der Waals surface area contributed by atoms with Crippen LogP contribution in [0.25, 0.3) is 0 Å². The van der Waals surface area contributed by atoms with Crippen molar-refractivity contribution in [1.82, 2.24) is 5.32 Å². The molecule has 1 heterocycles. The molecule has 7 nitrogen and oxygen atoms in total. The Balaban J connectivity index is 0.00000320. The lowest BCUT2D eigenvalue weighted by Gasteiger charge is -2.19. The van der Waals surface area contributed by atoms with Gasteiger partial charge in [-0.2, -0.15) is 0 Å². The molecule has 1 saturated heterocycles. The van der Waals surface area contributed by atoms with Gasteiger partial charge in [0.05, 0.1) is 30.5 Å². The summed E-state index contributed by atoms with van der Waals surface area (Å²) in [4.78, 5) is 25.2. The zero-order valence-electron chi connectivity index (χ0n) is 17.2. The Morgan fingerprint density at radius 2 is 1.60 bits per heavy atom. The second kappa shape index (κ2) is 11.4. The summed E-state index contributed by atoms with van der Waals surface area (Å²) < 4.78 is 11.4. The predicted octanol–water partition coefficient (Wildman–Crippen LogP) is 3.71. The molecule has 0 bridgehead atoms. The fourth-order valence-corrected chi connectivity index (χ4v) is 3.20. The SMILES string of the molecule is CCOc1cc(NC(=O)C2CCNC2)c(OCC)cc1NC(=O)c1ccccc1.Cl. The van der Waals surface area contributed by atoms with Crippen LogP contribution >= 0.6 is 12.4 Å². The summed E-state index contributed by atoms with van der Waals surface area (Å²) in [6.07, 6.45) is 0.805. The molecule has 162 valence electrons. The third-order valence-corrected chi connectivity index (χ3v) is 4.65. The van der Waals surface area contributed by atoms with Crippen molar-refractivity contribution in [2.45, 2.75) is 20.3 Å². The van der Waals surface area contributed by atoms with Gasteiger partial charge in [-0.15, -0.1) is 12.4 Å². The Hall–Kier alpha value is -2.77. The average Bonchev–Trinajstić information content (AvgIpc) is 3.27. The molecule has 1 fully saturated rings. The molecular formula is C22H28ClN3O4. The van der Waals surface area contributed by atoms with Crippen molar-refractivity contribution in [2.24, 2.45) is 5.92 Å². The number of ether oxygens (including phenoxy) is 2. The molecule has 0 spiro atoms. The molecule has 8 heteroatoms. The Kier molecular flexibility index (Phi) is 8.95. The molecule has 3 N–H and O–H groups in total. The van der Waals surface area contributed by atoms with E-state index < -0.39 is 0 Å². The Labute approximate surface area is 182 Å². The lowest BCUT2D eigenvalue weighted by molar-refractivity contribution is -0.119. The lowest BCUT2D eigenvalue weighted by Crippen LogP contribution is -2.25. The maximum Gasteiger partial charge on any atom is 0.255 e. The minimum absolute atomic E-state index is 0. The van der Waals surface area contributed by atoms with E-state index in [9.17, 15) is 9.59 Å². The van der Waals surface area contributed by atoms with Crippen LogP contribution in [-0.2, 0) is 4.79 Å². The number of hydrogen-bond donors (Lipinski definition) is 3. The van der Waals surface area contributed by atoms with E-state index in [-0.39, 0.29) is 30.1 Å². The predicted molar refractivity (Wildman–Crippen MR) is 120 cm³/mol. The smallest absolute Gasteiger partial charge is 0.255 e. The van der Waals surface area contributed by atoms with Crippen LogP contribution in [0, 0.1) is 5.92 Å². The zero-order valence-corrected chi connectivity index (χ0v) is 18.0. The lowest BCUT2D eigenvalue weighted by atomic mass is 10.1. The average molecular weight is 434 g/mol. The van der Waals surface area contributed by atoms with Crippen molar-refractivity contribution in [2.75, 3.05) is 36.9 Å². The number of halogens is 1. The van der Waals surface area contributed by atoms with Crippen molar-refractivity contribution in [3.63, 3.8) is 0 Å². The first kappa shape index (κ1) is 23.5. The van der Waals surface area contributed by atoms with E-state index in [1.54, 1.807) is 36.4 Å². The quantitative estimate of drug-likeness (QED) is 0.590. The first-order chi connectivity index (χ1) is 14.1. The summed E-state index contributed by atoms with van der Waals surface area (Å²) in [5.74, 6) is 0.582. The number of benzene rings is 2. The molecular weight excluding hydrogens is 406 g/mol. The van der Waals surface area contributed by atoms with Crippen LogP contribution in [0.2, 0.25) is 0 Å². The third kappa shape index (κ3) is 5.87. The highest BCUT2D eigenvalue weighted by molar-refractivity contribution is 6.05. The Morgan fingerprint density at radius 1 is 1.00 bits per heavy atom. The summed E-state index contributed by atoms with van der Waals surface area (Å²) in [5, 5.41) is 9.02. The largest absolute Gasteiger partial charge is 0.492 e. The molecule has 2 aromatic carbocycles. The normalized spacial score (nSPS) is 15.1. The van der Waals surface area contributed by atoms with Gasteiger partial charge in [0, 0.05) is 24.2 Å². The van der Waals surface area contributed by atoms with E-state index in [1.807, 2.05) is 19.9 Å². The third-order valence-electron chi connectivity index (χ3n) is 4.65. The van der Waals surface area contributed by atoms with Gasteiger partial charge in [-0.25, -0.2) is 0 Å². The van der Waals surface area contributed by atoms with Gasteiger partial charge < -0.3 is 25.4 Å². The van der Waals surface area contributed by atoms with E-state index in [0.717, 1.165) is 13.0 Å². The highest BCUT2D eigenvalue weighted by atomic mass is 35.5. The van der Waals surface area contributed by atoms with Gasteiger partial charge in [0.25, 0.3) is 5.91 Å². The van der Waals surface area contributed by atoms with Crippen molar-refractivity contribution < 1.29 is 19.1 Å². The first-order valence-corrected chi connectivity index (χ1v) is 9.94.